The van der Waals surface area contributed by atoms with Crippen LogP contribution >= 0.6 is 0 Å². The Morgan fingerprint density at radius 2 is 1.84 bits per heavy atom. The van der Waals surface area contributed by atoms with Gasteiger partial charge in [0, 0.05) is 13.6 Å². The number of hydrogen-bond donors (Lipinski definition) is 3. The Balaban J connectivity index is 0.000000471. The van der Waals surface area contributed by atoms with E-state index in [4.69, 9.17) is 10.2 Å². The Morgan fingerprint density at radius 1 is 1.28 bits per heavy atom. The third-order valence-corrected chi connectivity index (χ3v) is 5.82. The third-order valence-electron chi connectivity index (χ3n) is 5.82. The van der Waals surface area contributed by atoms with E-state index in [9.17, 15) is 14.0 Å². The van der Waals surface area contributed by atoms with Crippen LogP contribution in [0.1, 0.15) is 81.1 Å². The highest BCUT2D eigenvalue weighted by molar-refractivity contribution is 5.98. The molecular weight excluding hydrogens is 411 g/mol. The highest BCUT2D eigenvalue weighted by Crippen LogP contribution is 2.32. The molecule has 1 aliphatic heterocycles. The van der Waals surface area contributed by atoms with E-state index in [1.807, 2.05) is 0 Å². The number of carboxylic acid groups (broad SMARTS) is 1. The van der Waals surface area contributed by atoms with Crippen LogP contribution in [0.3, 0.4) is 0 Å². The molecule has 0 saturated heterocycles. The summed E-state index contributed by atoms with van der Waals surface area (Å²) in [6.07, 6.45) is 19.8. The van der Waals surface area contributed by atoms with Crippen LogP contribution in [0.2, 0.25) is 0 Å². The smallest absolute Gasteiger partial charge is 0.317 e. The number of nitrogens with two attached hydrogens (primary N) is 1. The van der Waals surface area contributed by atoms with Crippen LogP contribution in [0.25, 0.3) is 0 Å². The van der Waals surface area contributed by atoms with Crippen molar-refractivity contribution in [3.63, 3.8) is 0 Å². The number of aromatic hydroxyl groups is 1. The van der Waals surface area contributed by atoms with Crippen molar-refractivity contribution in [2.75, 3.05) is 13.6 Å². The summed E-state index contributed by atoms with van der Waals surface area (Å²) >= 11 is 0. The Bertz CT molecular complexity index is 730. The molecule has 1 unspecified atom stereocenters. The summed E-state index contributed by atoms with van der Waals surface area (Å²) in [5.74, 6) is -0.543. The number of carboxylic acids is 1. The molecule has 1 aliphatic carbocycles. The maximum atomic E-state index is 13.2. The number of carbonyl (C=O) groups is 2. The van der Waals surface area contributed by atoms with Crippen molar-refractivity contribution in [1.29, 1.82) is 0 Å². The standard InChI is InChI=1S/C12H24.C9H8FNO2.C2H5NO2.C2H2/c1-3-4-8-11(2)12-9-6-5-7-10-12;1-11-4-5-2-3-6(12)8(10)7(5)9(11)13;3-1-2(4)5;1-2/h11-12H,3-10H2,1-2H3;2-3,12H,4H2,1H3;1,3H2,(H,4,5);1-2H. The van der Waals surface area contributed by atoms with E-state index in [1.165, 1.54) is 62.3 Å². The predicted octanol–water partition coefficient (Wildman–Crippen LogP) is 4.79. The van der Waals surface area contributed by atoms with Crippen molar-refractivity contribution >= 4 is 11.9 Å². The van der Waals surface area contributed by atoms with E-state index in [0.717, 1.165) is 11.8 Å². The van der Waals surface area contributed by atoms with Crippen LogP contribution in [0.4, 0.5) is 4.39 Å². The second-order valence-electron chi connectivity index (χ2n) is 8.21. The third kappa shape index (κ3) is 9.69. The molecule has 1 amide bonds. The molecule has 6 nitrogen and oxygen atoms in total. The first-order valence-electron chi connectivity index (χ1n) is 11.2. The van der Waals surface area contributed by atoms with Gasteiger partial charge in [0.05, 0.1) is 12.1 Å². The molecule has 1 aromatic rings. The van der Waals surface area contributed by atoms with E-state index < -0.39 is 17.5 Å². The van der Waals surface area contributed by atoms with Gasteiger partial charge in [-0.2, -0.15) is 0 Å². The molecule has 4 N–H and O–H groups in total. The first-order chi connectivity index (χ1) is 15.2. The molecule has 1 atom stereocenters. The molecule has 1 aromatic carbocycles. The minimum Gasteiger partial charge on any atom is -0.505 e. The van der Waals surface area contributed by atoms with Crippen LogP contribution in [-0.4, -0.2) is 40.6 Å². The van der Waals surface area contributed by atoms with Gasteiger partial charge in [0.2, 0.25) is 0 Å². The van der Waals surface area contributed by atoms with E-state index in [-0.39, 0.29) is 18.0 Å². The van der Waals surface area contributed by atoms with Crippen LogP contribution in [-0.2, 0) is 11.3 Å². The summed E-state index contributed by atoms with van der Waals surface area (Å²) in [4.78, 5) is 22.0. The molecule has 1 saturated carbocycles. The maximum absolute atomic E-state index is 13.2. The molecule has 32 heavy (non-hydrogen) atoms. The van der Waals surface area contributed by atoms with Crippen molar-refractivity contribution in [2.45, 2.75) is 71.8 Å². The monoisotopic (exact) mass is 450 g/mol. The lowest BCUT2D eigenvalue weighted by atomic mass is 9.79. The Kier molecular flexibility index (Phi) is 14.8. The number of amides is 1. The summed E-state index contributed by atoms with van der Waals surface area (Å²) in [5, 5.41) is 16.6. The lowest BCUT2D eigenvalue weighted by Gasteiger charge is -2.27. The van der Waals surface area contributed by atoms with Gasteiger partial charge < -0.3 is 20.8 Å². The second-order valence-corrected chi connectivity index (χ2v) is 8.21. The molecule has 180 valence electrons. The van der Waals surface area contributed by atoms with Gasteiger partial charge in [-0.25, -0.2) is 4.39 Å². The van der Waals surface area contributed by atoms with Crippen molar-refractivity contribution in [3.05, 3.63) is 29.1 Å². The largest absolute Gasteiger partial charge is 0.505 e. The maximum Gasteiger partial charge on any atom is 0.317 e. The zero-order valence-electron chi connectivity index (χ0n) is 19.6. The molecule has 0 bridgehead atoms. The van der Waals surface area contributed by atoms with Crippen LogP contribution < -0.4 is 5.73 Å². The number of terminal acetylenes is 1. The number of nitrogens with zero attached hydrogens (tertiary/aromatic N) is 1. The van der Waals surface area contributed by atoms with Crippen molar-refractivity contribution in [1.82, 2.24) is 4.90 Å². The minimum atomic E-state index is -0.968. The fourth-order valence-electron chi connectivity index (χ4n) is 3.95. The zero-order valence-corrected chi connectivity index (χ0v) is 19.6. The van der Waals surface area contributed by atoms with E-state index in [0.29, 0.717) is 12.1 Å². The van der Waals surface area contributed by atoms with Crippen LogP contribution in [0, 0.1) is 30.5 Å². The molecular formula is C25H39FN2O4. The molecule has 3 rings (SSSR count). The van der Waals surface area contributed by atoms with Gasteiger partial charge in [-0.1, -0.05) is 71.3 Å². The van der Waals surface area contributed by atoms with E-state index in [2.05, 4.69) is 32.4 Å². The number of hydrogen-bond acceptors (Lipinski definition) is 4. The summed E-state index contributed by atoms with van der Waals surface area (Å²) in [6.45, 7) is 4.89. The van der Waals surface area contributed by atoms with Crippen molar-refractivity contribution in [3.8, 4) is 18.6 Å². The van der Waals surface area contributed by atoms with Gasteiger partial charge in [-0.05, 0) is 23.5 Å². The van der Waals surface area contributed by atoms with Gasteiger partial charge >= 0.3 is 5.97 Å². The van der Waals surface area contributed by atoms with Crippen LogP contribution in [0.5, 0.6) is 5.75 Å². The number of phenols is 1. The number of benzene rings is 1. The van der Waals surface area contributed by atoms with Gasteiger partial charge in [-0.15, -0.1) is 12.8 Å². The summed E-state index contributed by atoms with van der Waals surface area (Å²) < 4.78 is 13.2. The van der Waals surface area contributed by atoms with Crippen molar-refractivity contribution in [2.24, 2.45) is 17.6 Å². The average molecular weight is 451 g/mol. The molecule has 1 fully saturated rings. The van der Waals surface area contributed by atoms with Gasteiger partial charge in [0.25, 0.3) is 5.91 Å². The Hall–Kier alpha value is -2.59. The SMILES string of the molecule is C#C.CCCCC(C)C1CCCCC1.CN1Cc2ccc(O)c(F)c2C1=O.NCC(=O)O. The average Bonchev–Trinajstić information content (AvgIpc) is 3.11. The first kappa shape index (κ1) is 29.4. The van der Waals surface area contributed by atoms with Gasteiger partial charge in [-0.3, -0.25) is 9.59 Å². The number of fused-ring (bicyclic) bond motifs is 1. The predicted molar refractivity (Wildman–Crippen MR) is 126 cm³/mol. The fourth-order valence-corrected chi connectivity index (χ4v) is 3.95. The Morgan fingerprint density at radius 3 is 2.34 bits per heavy atom. The lowest BCUT2D eigenvalue weighted by Crippen LogP contribution is -2.18. The number of halogens is 1. The summed E-state index contributed by atoms with van der Waals surface area (Å²) in [7, 11) is 1.60. The van der Waals surface area contributed by atoms with E-state index in [1.54, 1.807) is 13.1 Å². The van der Waals surface area contributed by atoms with Gasteiger partial charge in [0.15, 0.2) is 11.6 Å². The van der Waals surface area contributed by atoms with Crippen molar-refractivity contribution < 1.29 is 24.2 Å². The molecule has 1 heterocycles. The molecule has 2 aliphatic rings. The summed E-state index contributed by atoms with van der Waals surface area (Å²) in [5.41, 5.74) is 5.20. The molecule has 7 heteroatoms. The number of aliphatic carboxylic acids is 1. The molecule has 0 radical (unpaired) electrons. The highest BCUT2D eigenvalue weighted by atomic mass is 19.1. The Labute approximate surface area is 192 Å². The minimum absolute atomic E-state index is 0.00231. The number of phenolic OH excluding ortho intramolecular Hbond substituents is 1. The first-order valence-corrected chi connectivity index (χ1v) is 11.2. The topological polar surface area (TPSA) is 104 Å². The fraction of sp³-hybridized carbons (Fsp3) is 0.600. The number of carbonyl (C=O) groups excluding carboxylic acids is 1. The van der Waals surface area contributed by atoms with Crippen LogP contribution in [0.15, 0.2) is 12.1 Å². The quantitative estimate of drug-likeness (QED) is 0.560. The van der Waals surface area contributed by atoms with Gasteiger partial charge in [0.1, 0.15) is 0 Å². The normalized spacial score (nSPS) is 15.7. The lowest BCUT2D eigenvalue weighted by molar-refractivity contribution is -0.135. The highest BCUT2D eigenvalue weighted by Gasteiger charge is 2.29. The summed E-state index contributed by atoms with van der Waals surface area (Å²) in [6, 6.07) is 2.83. The zero-order chi connectivity index (χ0) is 24.7. The molecule has 0 aromatic heterocycles. The second kappa shape index (κ2) is 16.1. The number of rotatable bonds is 5. The molecule has 0 spiro atoms. The number of unbranched alkanes of at least 4 members (excludes halogenated alkanes) is 1. The van der Waals surface area contributed by atoms with E-state index >= 15 is 0 Å².